The molecule has 0 spiro atoms. The van der Waals surface area contributed by atoms with Crippen molar-refractivity contribution in [1.82, 2.24) is 10.3 Å². The third kappa shape index (κ3) is 5.48. The highest BCUT2D eigenvalue weighted by molar-refractivity contribution is 5.94. The summed E-state index contributed by atoms with van der Waals surface area (Å²) in [5, 5.41) is 6.22. The molecule has 2 N–H and O–H groups in total. The van der Waals surface area contributed by atoms with Gasteiger partial charge < -0.3 is 15.4 Å². The second kappa shape index (κ2) is 8.01. The molecule has 1 aromatic heterocycles. The molecule has 0 bridgehead atoms. The molecule has 0 unspecified atom stereocenters. The molecule has 0 atom stereocenters. The Labute approximate surface area is 148 Å². The molecule has 2 aromatic rings. The van der Waals surface area contributed by atoms with Crippen LogP contribution in [0.2, 0.25) is 0 Å². The van der Waals surface area contributed by atoms with E-state index in [1.54, 1.807) is 12.3 Å². The van der Waals surface area contributed by atoms with E-state index in [2.05, 4.69) is 29.5 Å². The molecule has 1 amide bonds. The number of nitrogens with zero attached hydrogens (tertiary/aromatic N) is 1. The summed E-state index contributed by atoms with van der Waals surface area (Å²) < 4.78 is 5.68. The summed E-state index contributed by atoms with van der Waals surface area (Å²) in [7, 11) is 0. The normalized spacial score (nSPS) is 13.6. The van der Waals surface area contributed by atoms with Gasteiger partial charge in [-0.2, -0.15) is 0 Å². The van der Waals surface area contributed by atoms with E-state index in [-0.39, 0.29) is 5.91 Å². The summed E-state index contributed by atoms with van der Waals surface area (Å²) in [4.78, 5) is 16.2. The van der Waals surface area contributed by atoms with Crippen molar-refractivity contribution in [3.8, 4) is 5.75 Å². The SMILES string of the molecule is CC(C)COc1ccc(CNc2ccc(C(=O)NC3CC3)cn2)cc1. The first kappa shape index (κ1) is 17.3. The zero-order valence-electron chi connectivity index (χ0n) is 14.8. The van der Waals surface area contributed by atoms with Crippen molar-refractivity contribution in [3.63, 3.8) is 0 Å². The van der Waals surface area contributed by atoms with E-state index in [0.717, 1.165) is 36.6 Å². The Balaban J connectivity index is 1.48. The minimum absolute atomic E-state index is 0.0430. The molecule has 25 heavy (non-hydrogen) atoms. The highest BCUT2D eigenvalue weighted by Gasteiger charge is 2.23. The van der Waals surface area contributed by atoms with Crippen molar-refractivity contribution in [2.45, 2.75) is 39.3 Å². The summed E-state index contributed by atoms with van der Waals surface area (Å²) in [6, 6.07) is 12.0. The van der Waals surface area contributed by atoms with Gasteiger partial charge in [-0.05, 0) is 48.6 Å². The minimum Gasteiger partial charge on any atom is -0.493 e. The van der Waals surface area contributed by atoms with E-state index in [9.17, 15) is 4.79 Å². The van der Waals surface area contributed by atoms with Gasteiger partial charge in [0.2, 0.25) is 0 Å². The summed E-state index contributed by atoms with van der Waals surface area (Å²) in [5.41, 5.74) is 1.75. The maximum Gasteiger partial charge on any atom is 0.253 e. The Kier molecular flexibility index (Phi) is 5.53. The Morgan fingerprint density at radius 2 is 1.96 bits per heavy atom. The van der Waals surface area contributed by atoms with Gasteiger partial charge in [0.15, 0.2) is 0 Å². The number of anilines is 1. The molecule has 0 aliphatic heterocycles. The van der Waals surface area contributed by atoms with E-state index in [4.69, 9.17) is 4.74 Å². The summed E-state index contributed by atoms with van der Waals surface area (Å²) in [6.07, 6.45) is 3.78. The fraction of sp³-hybridized carbons (Fsp3) is 0.400. The van der Waals surface area contributed by atoms with E-state index in [1.165, 1.54) is 0 Å². The number of amides is 1. The third-order valence-electron chi connectivity index (χ3n) is 3.92. The standard InChI is InChI=1S/C20H25N3O2/c1-14(2)13-25-18-8-3-15(4-9-18)11-21-19-10-5-16(12-22-19)20(24)23-17-6-7-17/h3-5,8-10,12,14,17H,6-7,11,13H2,1-2H3,(H,21,22)(H,23,24). The minimum atomic E-state index is -0.0430. The lowest BCUT2D eigenvalue weighted by atomic mass is 10.2. The predicted octanol–water partition coefficient (Wildman–Crippen LogP) is 3.62. The van der Waals surface area contributed by atoms with Gasteiger partial charge in [0, 0.05) is 18.8 Å². The van der Waals surface area contributed by atoms with Crippen molar-refractivity contribution in [1.29, 1.82) is 0 Å². The molecule has 1 fully saturated rings. The first-order valence-corrected chi connectivity index (χ1v) is 8.82. The first-order valence-electron chi connectivity index (χ1n) is 8.82. The summed E-state index contributed by atoms with van der Waals surface area (Å²) >= 11 is 0. The van der Waals surface area contributed by atoms with Crippen molar-refractivity contribution in [2.75, 3.05) is 11.9 Å². The summed E-state index contributed by atoms with van der Waals surface area (Å²) in [5.74, 6) is 2.12. The molecule has 132 valence electrons. The summed E-state index contributed by atoms with van der Waals surface area (Å²) in [6.45, 7) is 5.66. The van der Waals surface area contributed by atoms with Gasteiger partial charge in [-0.1, -0.05) is 26.0 Å². The molecule has 0 saturated heterocycles. The van der Waals surface area contributed by atoms with Crippen LogP contribution in [-0.2, 0) is 6.54 Å². The number of hydrogen-bond acceptors (Lipinski definition) is 4. The molecule has 3 rings (SSSR count). The maximum absolute atomic E-state index is 11.9. The Morgan fingerprint density at radius 1 is 1.20 bits per heavy atom. The first-order chi connectivity index (χ1) is 12.1. The molecule has 1 saturated carbocycles. The van der Waals surface area contributed by atoms with E-state index in [1.807, 2.05) is 30.3 Å². The van der Waals surface area contributed by atoms with Crippen molar-refractivity contribution in [2.24, 2.45) is 5.92 Å². The smallest absolute Gasteiger partial charge is 0.253 e. The number of ether oxygens (including phenoxy) is 1. The molecule has 1 heterocycles. The van der Waals surface area contributed by atoms with Gasteiger partial charge in [0.05, 0.1) is 12.2 Å². The lowest BCUT2D eigenvalue weighted by Gasteiger charge is -2.10. The molecular formula is C20H25N3O2. The molecule has 0 radical (unpaired) electrons. The van der Waals surface area contributed by atoms with Gasteiger partial charge in [-0.15, -0.1) is 0 Å². The topological polar surface area (TPSA) is 63.2 Å². The third-order valence-corrected chi connectivity index (χ3v) is 3.92. The fourth-order valence-corrected chi connectivity index (χ4v) is 2.29. The number of carbonyl (C=O) groups excluding carboxylic acids is 1. The predicted molar refractivity (Wildman–Crippen MR) is 98.8 cm³/mol. The Morgan fingerprint density at radius 3 is 2.56 bits per heavy atom. The number of hydrogen-bond donors (Lipinski definition) is 2. The zero-order chi connectivity index (χ0) is 17.6. The van der Waals surface area contributed by atoms with E-state index in [0.29, 0.717) is 24.1 Å². The Hall–Kier alpha value is -2.56. The van der Waals surface area contributed by atoms with Gasteiger partial charge in [-0.25, -0.2) is 4.98 Å². The second-order valence-corrected chi connectivity index (χ2v) is 6.88. The number of pyridine rings is 1. The number of aromatic nitrogens is 1. The molecule has 1 aliphatic rings. The Bertz CT molecular complexity index is 692. The van der Waals surface area contributed by atoms with Gasteiger partial charge in [-0.3, -0.25) is 4.79 Å². The number of benzene rings is 1. The van der Waals surface area contributed by atoms with Crippen molar-refractivity contribution in [3.05, 3.63) is 53.7 Å². The average Bonchev–Trinajstić information content (AvgIpc) is 3.43. The lowest BCUT2D eigenvalue weighted by molar-refractivity contribution is 0.0950. The van der Waals surface area contributed by atoms with Gasteiger partial charge >= 0.3 is 0 Å². The largest absolute Gasteiger partial charge is 0.493 e. The molecule has 1 aliphatic carbocycles. The maximum atomic E-state index is 11.9. The van der Waals surface area contributed by atoms with Crippen LogP contribution in [0, 0.1) is 5.92 Å². The van der Waals surface area contributed by atoms with Gasteiger partial charge in [0.1, 0.15) is 11.6 Å². The van der Waals surface area contributed by atoms with Gasteiger partial charge in [0.25, 0.3) is 5.91 Å². The molecule has 1 aromatic carbocycles. The quantitative estimate of drug-likeness (QED) is 0.771. The average molecular weight is 339 g/mol. The van der Waals surface area contributed by atoms with Crippen LogP contribution in [0.1, 0.15) is 42.6 Å². The van der Waals surface area contributed by atoms with Crippen LogP contribution in [0.15, 0.2) is 42.6 Å². The highest BCUT2D eigenvalue weighted by atomic mass is 16.5. The highest BCUT2D eigenvalue weighted by Crippen LogP contribution is 2.19. The van der Waals surface area contributed by atoms with Crippen LogP contribution >= 0.6 is 0 Å². The van der Waals surface area contributed by atoms with Crippen LogP contribution < -0.4 is 15.4 Å². The van der Waals surface area contributed by atoms with Crippen LogP contribution in [-0.4, -0.2) is 23.5 Å². The van der Waals surface area contributed by atoms with Crippen LogP contribution in [0.5, 0.6) is 5.75 Å². The number of nitrogens with one attached hydrogen (secondary N) is 2. The zero-order valence-corrected chi connectivity index (χ0v) is 14.8. The second-order valence-electron chi connectivity index (χ2n) is 6.88. The fourth-order valence-electron chi connectivity index (χ4n) is 2.29. The van der Waals surface area contributed by atoms with Crippen molar-refractivity contribution < 1.29 is 9.53 Å². The van der Waals surface area contributed by atoms with Crippen LogP contribution in [0.4, 0.5) is 5.82 Å². The van der Waals surface area contributed by atoms with Crippen LogP contribution in [0.3, 0.4) is 0 Å². The van der Waals surface area contributed by atoms with Crippen LogP contribution in [0.25, 0.3) is 0 Å². The number of carbonyl (C=O) groups is 1. The van der Waals surface area contributed by atoms with E-state index < -0.39 is 0 Å². The molecule has 5 heteroatoms. The monoisotopic (exact) mass is 339 g/mol. The molecule has 5 nitrogen and oxygen atoms in total. The lowest BCUT2D eigenvalue weighted by Crippen LogP contribution is -2.25. The van der Waals surface area contributed by atoms with E-state index >= 15 is 0 Å². The molecular weight excluding hydrogens is 314 g/mol. The number of rotatable bonds is 8. The van der Waals surface area contributed by atoms with Crippen molar-refractivity contribution >= 4 is 11.7 Å².